The number of pyridine rings is 1. The Labute approximate surface area is 140 Å². The number of amides is 1. The Morgan fingerprint density at radius 3 is 2.74 bits per heavy atom. The highest BCUT2D eigenvalue weighted by Crippen LogP contribution is 2.22. The van der Waals surface area contributed by atoms with E-state index in [4.69, 9.17) is 21.1 Å². The normalized spacial score (nSPS) is 18.7. The third-order valence-corrected chi connectivity index (χ3v) is 3.66. The van der Waals surface area contributed by atoms with Crippen molar-refractivity contribution in [2.24, 2.45) is 0 Å². The first-order valence-electron chi connectivity index (χ1n) is 7.44. The summed E-state index contributed by atoms with van der Waals surface area (Å²) in [4.78, 5) is 30.2. The predicted molar refractivity (Wildman–Crippen MR) is 85.9 cm³/mol. The van der Waals surface area contributed by atoms with Gasteiger partial charge in [-0.25, -0.2) is 9.78 Å². The summed E-state index contributed by atoms with van der Waals surface area (Å²) in [7, 11) is 0. The maximum atomic E-state index is 12.7. The highest BCUT2D eigenvalue weighted by molar-refractivity contribution is 6.33. The molecule has 23 heavy (non-hydrogen) atoms. The van der Waals surface area contributed by atoms with Crippen LogP contribution >= 0.6 is 11.6 Å². The highest BCUT2D eigenvalue weighted by atomic mass is 35.5. The van der Waals surface area contributed by atoms with E-state index in [-0.39, 0.29) is 24.1 Å². The summed E-state index contributed by atoms with van der Waals surface area (Å²) < 4.78 is 10.9. The van der Waals surface area contributed by atoms with Gasteiger partial charge in [-0.05, 0) is 39.3 Å². The Kier molecular flexibility index (Phi) is 5.26. The van der Waals surface area contributed by atoms with Gasteiger partial charge in [0.2, 0.25) is 0 Å². The molecule has 1 aliphatic rings. The molecule has 1 saturated heterocycles. The molecule has 0 spiro atoms. The zero-order chi connectivity index (χ0) is 17.2. The summed E-state index contributed by atoms with van der Waals surface area (Å²) in [5, 5.41) is 0.146. The summed E-state index contributed by atoms with van der Waals surface area (Å²) in [5.41, 5.74) is 0.483. The monoisotopic (exact) mass is 340 g/mol. The molecule has 1 fully saturated rings. The van der Waals surface area contributed by atoms with Crippen LogP contribution in [-0.2, 0) is 9.47 Å². The Morgan fingerprint density at radius 2 is 2.13 bits per heavy atom. The number of ketones is 1. The van der Waals surface area contributed by atoms with Gasteiger partial charge in [-0.2, -0.15) is 0 Å². The van der Waals surface area contributed by atoms with Crippen LogP contribution in [0.4, 0.5) is 4.79 Å². The molecule has 0 unspecified atom stereocenters. The molecule has 0 aromatic carbocycles. The second kappa shape index (κ2) is 6.84. The summed E-state index contributed by atoms with van der Waals surface area (Å²) >= 11 is 6.04. The predicted octanol–water partition coefficient (Wildman–Crippen LogP) is 2.86. The number of hydrogen-bond acceptors (Lipinski definition) is 5. The van der Waals surface area contributed by atoms with Gasteiger partial charge in [0.1, 0.15) is 16.9 Å². The lowest BCUT2D eigenvalue weighted by molar-refractivity contribution is -0.0321. The fraction of sp³-hybridized carbons (Fsp3) is 0.562. The van der Waals surface area contributed by atoms with Crippen LogP contribution in [0.5, 0.6) is 0 Å². The van der Waals surface area contributed by atoms with Gasteiger partial charge in [-0.1, -0.05) is 11.6 Å². The van der Waals surface area contributed by atoms with Gasteiger partial charge in [0.15, 0.2) is 5.78 Å². The van der Waals surface area contributed by atoms with Crippen LogP contribution in [0.25, 0.3) is 0 Å². The number of ether oxygens (including phenoxy) is 2. The second-order valence-corrected chi connectivity index (χ2v) is 6.80. The molecule has 1 aliphatic heterocycles. The quantitative estimate of drug-likeness (QED) is 0.611. The van der Waals surface area contributed by atoms with Crippen LogP contribution in [0.3, 0.4) is 0 Å². The minimum atomic E-state index is -0.767. The average molecular weight is 341 g/mol. The van der Waals surface area contributed by atoms with Crippen LogP contribution in [0.1, 0.15) is 36.7 Å². The summed E-state index contributed by atoms with van der Waals surface area (Å²) in [6.45, 7) is 7.98. The van der Waals surface area contributed by atoms with Gasteiger partial charge in [-0.15, -0.1) is 0 Å². The second-order valence-electron chi connectivity index (χ2n) is 6.44. The van der Waals surface area contributed by atoms with Crippen molar-refractivity contribution in [2.45, 2.75) is 39.4 Å². The van der Waals surface area contributed by atoms with Crippen LogP contribution in [0, 0.1) is 6.92 Å². The van der Waals surface area contributed by atoms with Gasteiger partial charge in [-0.3, -0.25) is 4.79 Å². The van der Waals surface area contributed by atoms with E-state index in [1.807, 2.05) is 0 Å². The van der Waals surface area contributed by atoms with Crippen molar-refractivity contribution in [1.29, 1.82) is 0 Å². The van der Waals surface area contributed by atoms with E-state index in [1.54, 1.807) is 40.0 Å². The minimum Gasteiger partial charge on any atom is -0.444 e. The summed E-state index contributed by atoms with van der Waals surface area (Å²) in [6.07, 6.45) is 0.327. The number of carbonyl (C=O) groups excluding carboxylic acids is 2. The number of rotatable bonds is 2. The molecular formula is C16H21ClN2O4. The number of hydrogen-bond donors (Lipinski definition) is 0. The molecule has 1 aromatic rings. The van der Waals surface area contributed by atoms with Gasteiger partial charge in [0, 0.05) is 12.7 Å². The van der Waals surface area contributed by atoms with Crippen molar-refractivity contribution in [3.63, 3.8) is 0 Å². The molecule has 2 rings (SSSR count). The lowest BCUT2D eigenvalue weighted by atomic mass is 10.0. The van der Waals surface area contributed by atoms with Crippen molar-refractivity contribution in [2.75, 3.05) is 19.7 Å². The van der Waals surface area contributed by atoms with E-state index < -0.39 is 17.8 Å². The standard InChI is InChI=1S/C16H21ClN2O4/c1-10-5-6-18-14(17)12(10)13(20)11-9-19(7-8-22-11)15(21)23-16(2,3)4/h5-6,11H,7-9H2,1-4H3/t11-/m0/s1. The number of morpholine rings is 1. The molecule has 0 bridgehead atoms. The molecular weight excluding hydrogens is 320 g/mol. The van der Waals surface area contributed by atoms with Crippen LogP contribution in [0.2, 0.25) is 5.15 Å². The zero-order valence-corrected chi connectivity index (χ0v) is 14.5. The van der Waals surface area contributed by atoms with Crippen molar-refractivity contribution in [1.82, 2.24) is 9.88 Å². The molecule has 7 heteroatoms. The highest BCUT2D eigenvalue weighted by Gasteiger charge is 2.33. The van der Waals surface area contributed by atoms with E-state index >= 15 is 0 Å². The summed E-state index contributed by atoms with van der Waals surface area (Å²) in [6, 6.07) is 1.72. The maximum absolute atomic E-state index is 12.7. The molecule has 0 radical (unpaired) electrons. The summed E-state index contributed by atoms with van der Waals surface area (Å²) in [5.74, 6) is -0.270. The van der Waals surface area contributed by atoms with E-state index in [0.717, 1.165) is 5.56 Å². The Balaban J connectivity index is 2.12. The number of aryl methyl sites for hydroxylation is 1. The van der Waals surface area contributed by atoms with Gasteiger partial charge in [0.25, 0.3) is 0 Å². The first-order chi connectivity index (χ1) is 10.7. The van der Waals surface area contributed by atoms with Crippen molar-refractivity contribution >= 4 is 23.5 Å². The molecule has 0 N–H and O–H groups in total. The fourth-order valence-corrected chi connectivity index (χ4v) is 2.58. The van der Waals surface area contributed by atoms with E-state index in [2.05, 4.69) is 4.98 Å². The first kappa shape index (κ1) is 17.7. The third-order valence-electron chi connectivity index (χ3n) is 3.37. The Morgan fingerprint density at radius 1 is 1.43 bits per heavy atom. The number of Topliss-reactive ketones (excluding diaryl/α,β-unsaturated/α-hetero) is 1. The van der Waals surface area contributed by atoms with Crippen LogP contribution in [-0.4, -0.2) is 53.2 Å². The molecule has 1 aromatic heterocycles. The Hall–Kier alpha value is -1.66. The zero-order valence-electron chi connectivity index (χ0n) is 13.8. The lowest BCUT2D eigenvalue weighted by Gasteiger charge is -2.33. The first-order valence-corrected chi connectivity index (χ1v) is 7.81. The van der Waals surface area contributed by atoms with Gasteiger partial charge >= 0.3 is 6.09 Å². The molecule has 1 amide bonds. The van der Waals surface area contributed by atoms with Crippen LogP contribution < -0.4 is 0 Å². The molecule has 0 aliphatic carbocycles. The number of aromatic nitrogens is 1. The average Bonchev–Trinajstić information content (AvgIpc) is 2.45. The fourth-order valence-electron chi connectivity index (χ4n) is 2.28. The van der Waals surface area contributed by atoms with E-state index in [9.17, 15) is 9.59 Å². The molecule has 1 atom stereocenters. The van der Waals surface area contributed by atoms with Crippen molar-refractivity contribution in [3.05, 3.63) is 28.5 Å². The lowest BCUT2D eigenvalue weighted by Crippen LogP contribution is -2.50. The number of nitrogens with zero attached hydrogens (tertiary/aromatic N) is 2. The SMILES string of the molecule is Cc1ccnc(Cl)c1C(=O)[C@@H]1CN(C(=O)OC(C)(C)C)CCO1. The topological polar surface area (TPSA) is 68.7 Å². The smallest absolute Gasteiger partial charge is 0.410 e. The third kappa shape index (κ3) is 4.42. The van der Waals surface area contributed by atoms with E-state index in [1.165, 1.54) is 4.90 Å². The van der Waals surface area contributed by atoms with E-state index in [0.29, 0.717) is 12.1 Å². The van der Waals surface area contributed by atoms with Gasteiger partial charge in [0.05, 0.1) is 18.7 Å². The molecule has 6 nitrogen and oxygen atoms in total. The largest absolute Gasteiger partial charge is 0.444 e. The minimum absolute atomic E-state index is 0.137. The number of halogens is 1. The van der Waals surface area contributed by atoms with Gasteiger partial charge < -0.3 is 14.4 Å². The van der Waals surface area contributed by atoms with Crippen LogP contribution in [0.15, 0.2) is 12.3 Å². The van der Waals surface area contributed by atoms with Crippen molar-refractivity contribution in [3.8, 4) is 0 Å². The Bertz CT molecular complexity index is 592. The molecule has 0 saturated carbocycles. The van der Waals surface area contributed by atoms with Crippen molar-refractivity contribution < 1.29 is 19.1 Å². The molecule has 126 valence electrons. The molecule has 2 heterocycles. The number of carbonyl (C=O) groups is 2. The maximum Gasteiger partial charge on any atom is 0.410 e.